The van der Waals surface area contributed by atoms with E-state index in [2.05, 4.69) is 18.8 Å². The molecule has 3 aliphatic rings. The lowest BCUT2D eigenvalue weighted by Crippen LogP contribution is -2.45. The predicted octanol–water partition coefficient (Wildman–Crippen LogP) is 2.27. The number of hydrogen-bond acceptors (Lipinski definition) is 4. The second kappa shape index (κ2) is 6.32. The van der Waals surface area contributed by atoms with Gasteiger partial charge in [-0.3, -0.25) is 4.79 Å². The molecule has 4 nitrogen and oxygen atoms in total. The van der Waals surface area contributed by atoms with Crippen molar-refractivity contribution >= 4 is 5.97 Å². The predicted molar refractivity (Wildman–Crippen MR) is 85.3 cm³/mol. The maximum atomic E-state index is 12.3. The van der Waals surface area contributed by atoms with Crippen molar-refractivity contribution in [2.75, 3.05) is 19.7 Å². The maximum absolute atomic E-state index is 12.3. The number of ether oxygens (including phenoxy) is 1. The molecule has 4 heteroatoms. The topological polar surface area (TPSA) is 58.6 Å². The van der Waals surface area contributed by atoms with Crippen LogP contribution < -0.4 is 5.32 Å². The van der Waals surface area contributed by atoms with Crippen LogP contribution in [0.15, 0.2) is 12.2 Å². The van der Waals surface area contributed by atoms with Crippen LogP contribution in [0.1, 0.15) is 45.4 Å². The number of hydrogen-bond donors (Lipinski definition) is 2. The van der Waals surface area contributed by atoms with Crippen molar-refractivity contribution in [2.24, 2.45) is 23.2 Å². The molecule has 0 amide bonds. The van der Waals surface area contributed by atoms with Crippen LogP contribution in [0.2, 0.25) is 0 Å². The lowest BCUT2D eigenvalue weighted by molar-refractivity contribution is -0.146. The molecule has 0 aromatic carbocycles. The first-order chi connectivity index (χ1) is 10.5. The Hall–Kier alpha value is -0.870. The van der Waals surface area contributed by atoms with Gasteiger partial charge in [-0.25, -0.2) is 0 Å². The SMILES string of the molecule is C=C1CCC[C@]2(C)C[C@H]3OC(=O)[C@H](CNCCCO)[C@H]3C[C@@H]12. The van der Waals surface area contributed by atoms with Gasteiger partial charge in [-0.1, -0.05) is 19.1 Å². The van der Waals surface area contributed by atoms with E-state index in [1.807, 2.05) is 0 Å². The van der Waals surface area contributed by atoms with Crippen LogP contribution >= 0.6 is 0 Å². The molecule has 5 atom stereocenters. The molecule has 0 radical (unpaired) electrons. The van der Waals surface area contributed by atoms with Crippen LogP contribution in [0.4, 0.5) is 0 Å². The first kappa shape index (κ1) is 16.0. The summed E-state index contributed by atoms with van der Waals surface area (Å²) in [4.78, 5) is 12.3. The van der Waals surface area contributed by atoms with E-state index in [-0.39, 0.29) is 30.0 Å². The molecule has 1 heterocycles. The van der Waals surface area contributed by atoms with Gasteiger partial charge in [-0.2, -0.15) is 0 Å². The van der Waals surface area contributed by atoms with Crippen molar-refractivity contribution in [1.29, 1.82) is 0 Å². The molecule has 3 rings (SSSR count). The molecular weight excluding hydrogens is 278 g/mol. The lowest BCUT2D eigenvalue weighted by Gasteiger charge is -2.50. The van der Waals surface area contributed by atoms with Crippen molar-refractivity contribution < 1.29 is 14.6 Å². The molecule has 0 aromatic rings. The molecule has 0 bridgehead atoms. The van der Waals surface area contributed by atoms with Gasteiger partial charge in [0.15, 0.2) is 0 Å². The summed E-state index contributed by atoms with van der Waals surface area (Å²) in [6.45, 7) is 8.30. The summed E-state index contributed by atoms with van der Waals surface area (Å²) >= 11 is 0. The van der Waals surface area contributed by atoms with Crippen molar-refractivity contribution in [3.63, 3.8) is 0 Å². The number of rotatable bonds is 5. The van der Waals surface area contributed by atoms with Crippen LogP contribution in [0.5, 0.6) is 0 Å². The number of aliphatic hydroxyl groups excluding tert-OH is 1. The standard InChI is InChI=1S/C18H29NO3/c1-12-5-3-6-18(2)10-16-13(9-15(12)18)14(17(21)22-16)11-19-7-4-8-20/h13-16,19-20H,1,3-11H2,2H3/t13-,14-,15+,16-,18-/m1/s1. The molecule has 1 saturated heterocycles. The van der Waals surface area contributed by atoms with Crippen molar-refractivity contribution in [3.05, 3.63) is 12.2 Å². The quantitative estimate of drug-likeness (QED) is 0.465. The third kappa shape index (κ3) is 2.83. The Kier molecular flexibility index (Phi) is 4.60. The van der Waals surface area contributed by atoms with Gasteiger partial charge in [-0.15, -0.1) is 0 Å². The summed E-state index contributed by atoms with van der Waals surface area (Å²) in [7, 11) is 0. The average molecular weight is 307 g/mol. The van der Waals surface area contributed by atoms with E-state index in [1.165, 1.54) is 18.4 Å². The van der Waals surface area contributed by atoms with Gasteiger partial charge in [0, 0.05) is 19.1 Å². The van der Waals surface area contributed by atoms with Crippen LogP contribution in [0.3, 0.4) is 0 Å². The third-order valence-electron chi connectivity index (χ3n) is 6.20. The van der Waals surface area contributed by atoms with Crippen LogP contribution in [-0.4, -0.2) is 36.9 Å². The van der Waals surface area contributed by atoms with Gasteiger partial charge in [0.25, 0.3) is 0 Å². The largest absolute Gasteiger partial charge is 0.462 e. The Morgan fingerprint density at radius 3 is 3.09 bits per heavy atom. The average Bonchev–Trinajstić information content (AvgIpc) is 2.76. The van der Waals surface area contributed by atoms with Gasteiger partial charge in [-0.05, 0) is 56.4 Å². The van der Waals surface area contributed by atoms with Crippen molar-refractivity contribution in [1.82, 2.24) is 5.32 Å². The third-order valence-corrected chi connectivity index (χ3v) is 6.20. The lowest BCUT2D eigenvalue weighted by atomic mass is 9.55. The van der Waals surface area contributed by atoms with Crippen molar-refractivity contribution in [2.45, 2.75) is 51.6 Å². The number of aliphatic hydroxyl groups is 1. The zero-order valence-corrected chi connectivity index (χ0v) is 13.6. The van der Waals surface area contributed by atoms with Crippen molar-refractivity contribution in [3.8, 4) is 0 Å². The molecule has 2 N–H and O–H groups in total. The van der Waals surface area contributed by atoms with Gasteiger partial charge in [0.05, 0.1) is 5.92 Å². The summed E-state index contributed by atoms with van der Waals surface area (Å²) in [5.74, 6) is 0.835. The van der Waals surface area contributed by atoms with Gasteiger partial charge in [0.1, 0.15) is 6.10 Å². The highest BCUT2D eigenvalue weighted by Crippen LogP contribution is 2.56. The zero-order chi connectivity index (χ0) is 15.7. The number of fused-ring (bicyclic) bond motifs is 2. The minimum atomic E-state index is -0.0284. The van der Waals surface area contributed by atoms with Crippen LogP contribution in [0.25, 0.3) is 0 Å². The van der Waals surface area contributed by atoms with Gasteiger partial charge < -0.3 is 15.2 Å². The minimum Gasteiger partial charge on any atom is -0.462 e. The molecule has 22 heavy (non-hydrogen) atoms. The number of allylic oxidation sites excluding steroid dienone is 1. The second-order valence-corrected chi connectivity index (χ2v) is 7.69. The fourth-order valence-corrected chi connectivity index (χ4v) is 4.95. The number of nitrogens with one attached hydrogen (secondary N) is 1. The molecule has 124 valence electrons. The maximum Gasteiger partial charge on any atom is 0.310 e. The summed E-state index contributed by atoms with van der Waals surface area (Å²) in [6.07, 6.45) is 6.49. The Bertz CT molecular complexity index is 450. The Balaban J connectivity index is 1.67. The number of carbonyl (C=O) groups is 1. The fraction of sp³-hybridized carbons (Fsp3) is 0.833. The minimum absolute atomic E-state index is 0.0250. The smallest absolute Gasteiger partial charge is 0.310 e. The molecule has 2 aliphatic carbocycles. The molecule has 0 unspecified atom stereocenters. The first-order valence-corrected chi connectivity index (χ1v) is 8.75. The molecule has 0 spiro atoms. The Morgan fingerprint density at radius 2 is 2.32 bits per heavy atom. The van der Waals surface area contributed by atoms with E-state index in [4.69, 9.17) is 9.84 Å². The molecular formula is C18H29NO3. The normalized spacial score (nSPS) is 41.0. The summed E-state index contributed by atoms with van der Waals surface area (Å²) in [5, 5.41) is 12.1. The number of esters is 1. The summed E-state index contributed by atoms with van der Waals surface area (Å²) in [5.41, 5.74) is 1.66. The molecule has 1 aliphatic heterocycles. The monoisotopic (exact) mass is 307 g/mol. The number of carbonyl (C=O) groups excluding carboxylic acids is 1. The highest BCUT2D eigenvalue weighted by atomic mass is 16.6. The molecule has 3 fully saturated rings. The highest BCUT2D eigenvalue weighted by molar-refractivity contribution is 5.75. The van der Waals surface area contributed by atoms with E-state index < -0.39 is 0 Å². The Morgan fingerprint density at radius 1 is 1.50 bits per heavy atom. The zero-order valence-electron chi connectivity index (χ0n) is 13.6. The van der Waals surface area contributed by atoms with E-state index >= 15 is 0 Å². The van der Waals surface area contributed by atoms with E-state index in [0.717, 1.165) is 32.2 Å². The van der Waals surface area contributed by atoms with Gasteiger partial charge >= 0.3 is 5.97 Å². The van der Waals surface area contributed by atoms with Crippen LogP contribution in [-0.2, 0) is 9.53 Å². The first-order valence-electron chi connectivity index (χ1n) is 8.75. The summed E-state index contributed by atoms with van der Waals surface area (Å²) in [6, 6.07) is 0. The van der Waals surface area contributed by atoms with E-state index in [0.29, 0.717) is 18.4 Å². The molecule has 0 aromatic heterocycles. The molecule has 2 saturated carbocycles. The second-order valence-electron chi connectivity index (χ2n) is 7.69. The summed E-state index contributed by atoms with van der Waals surface area (Å²) < 4.78 is 5.73. The van der Waals surface area contributed by atoms with E-state index in [9.17, 15) is 4.79 Å². The highest BCUT2D eigenvalue weighted by Gasteiger charge is 2.54. The fourth-order valence-electron chi connectivity index (χ4n) is 4.95. The van der Waals surface area contributed by atoms with E-state index in [1.54, 1.807) is 0 Å². The van der Waals surface area contributed by atoms with Crippen LogP contribution in [0, 0.1) is 23.2 Å². The van der Waals surface area contributed by atoms with Gasteiger partial charge in [0.2, 0.25) is 0 Å². The Labute approximate surface area is 133 Å².